The van der Waals surface area contributed by atoms with Gasteiger partial charge in [0.15, 0.2) is 0 Å². The summed E-state index contributed by atoms with van der Waals surface area (Å²) in [7, 11) is 0. The van der Waals surface area contributed by atoms with Gasteiger partial charge in [-0.3, -0.25) is 4.79 Å². The monoisotopic (exact) mass is 266 g/mol. The van der Waals surface area contributed by atoms with Crippen LogP contribution in [0.4, 0.5) is 4.39 Å². The van der Waals surface area contributed by atoms with Crippen molar-refractivity contribution in [2.75, 3.05) is 0 Å². The normalized spacial score (nSPS) is 10.6. The van der Waals surface area contributed by atoms with E-state index < -0.39 is 5.82 Å². The topological polar surface area (TPSA) is 45.8 Å². The first-order chi connectivity index (χ1) is 8.60. The van der Waals surface area contributed by atoms with E-state index in [0.29, 0.717) is 11.4 Å². The third-order valence-corrected chi connectivity index (χ3v) is 2.78. The van der Waals surface area contributed by atoms with Crippen molar-refractivity contribution in [1.82, 2.24) is 9.97 Å². The van der Waals surface area contributed by atoms with Crippen LogP contribution in [0.3, 0.4) is 0 Å². The van der Waals surface area contributed by atoms with Gasteiger partial charge in [0.05, 0.1) is 5.02 Å². The lowest BCUT2D eigenvalue weighted by Crippen LogP contribution is -2.10. The Kier molecular flexibility index (Phi) is 3.77. The third-order valence-electron chi connectivity index (χ3n) is 2.49. The van der Waals surface area contributed by atoms with Crippen LogP contribution in [-0.2, 0) is 6.42 Å². The molecule has 2 aromatic rings. The first kappa shape index (κ1) is 12.8. The molecule has 1 heterocycles. The van der Waals surface area contributed by atoms with E-state index in [1.165, 1.54) is 24.3 Å². The average Bonchev–Trinajstić information content (AvgIpc) is 2.32. The first-order valence-corrected chi connectivity index (χ1v) is 6.03. The van der Waals surface area contributed by atoms with Crippen LogP contribution < -0.4 is 5.56 Å². The van der Waals surface area contributed by atoms with Gasteiger partial charge in [0.2, 0.25) is 0 Å². The molecule has 3 nitrogen and oxygen atoms in total. The molecule has 0 aliphatic carbocycles. The maximum Gasteiger partial charge on any atom is 0.251 e. The molecule has 0 spiro atoms. The second kappa shape index (κ2) is 5.31. The summed E-state index contributed by atoms with van der Waals surface area (Å²) in [5.41, 5.74) is 1.09. The Hall–Kier alpha value is -1.68. The SMILES string of the molecule is CCCc1cc(=O)[nH]c(-c2ccc(F)c(Cl)c2)n1. The lowest BCUT2D eigenvalue weighted by Gasteiger charge is -2.04. The van der Waals surface area contributed by atoms with Crippen molar-refractivity contribution in [1.29, 1.82) is 0 Å². The van der Waals surface area contributed by atoms with E-state index in [1.807, 2.05) is 6.92 Å². The highest BCUT2D eigenvalue weighted by Gasteiger charge is 2.06. The predicted molar refractivity (Wildman–Crippen MR) is 69.3 cm³/mol. The van der Waals surface area contributed by atoms with Crippen molar-refractivity contribution in [3.63, 3.8) is 0 Å². The number of rotatable bonds is 3. The van der Waals surface area contributed by atoms with E-state index >= 15 is 0 Å². The van der Waals surface area contributed by atoms with Gasteiger partial charge in [0.25, 0.3) is 5.56 Å². The number of halogens is 2. The van der Waals surface area contributed by atoms with Gasteiger partial charge >= 0.3 is 0 Å². The van der Waals surface area contributed by atoms with Gasteiger partial charge in [0, 0.05) is 17.3 Å². The number of aromatic amines is 1. The molecule has 0 saturated carbocycles. The van der Waals surface area contributed by atoms with Crippen LogP contribution >= 0.6 is 11.6 Å². The largest absolute Gasteiger partial charge is 0.307 e. The van der Waals surface area contributed by atoms with Gasteiger partial charge < -0.3 is 4.98 Å². The zero-order chi connectivity index (χ0) is 13.1. The minimum atomic E-state index is -0.493. The number of aryl methyl sites for hydroxylation is 1. The highest BCUT2D eigenvalue weighted by atomic mass is 35.5. The molecule has 0 fully saturated rings. The van der Waals surface area contributed by atoms with E-state index in [2.05, 4.69) is 9.97 Å². The second-order valence-electron chi connectivity index (χ2n) is 3.96. The van der Waals surface area contributed by atoms with E-state index in [4.69, 9.17) is 11.6 Å². The number of nitrogens with zero attached hydrogens (tertiary/aromatic N) is 1. The molecule has 0 aliphatic rings. The third kappa shape index (κ3) is 2.76. The highest BCUT2D eigenvalue weighted by Crippen LogP contribution is 2.21. The predicted octanol–water partition coefficient (Wildman–Crippen LogP) is 3.18. The number of H-pyrrole nitrogens is 1. The molecule has 0 atom stereocenters. The van der Waals surface area contributed by atoms with Crippen molar-refractivity contribution < 1.29 is 4.39 Å². The number of hydrogen-bond acceptors (Lipinski definition) is 2. The summed E-state index contributed by atoms with van der Waals surface area (Å²) in [5.74, 6) is -0.0830. The van der Waals surface area contributed by atoms with Gasteiger partial charge in [-0.25, -0.2) is 9.37 Å². The summed E-state index contributed by atoms with van der Waals surface area (Å²) in [6.07, 6.45) is 1.63. The number of benzene rings is 1. The molecule has 0 amide bonds. The first-order valence-electron chi connectivity index (χ1n) is 5.66. The molecule has 18 heavy (non-hydrogen) atoms. The van der Waals surface area contributed by atoms with Crippen molar-refractivity contribution in [2.45, 2.75) is 19.8 Å². The minimum absolute atomic E-state index is 0.0102. The molecule has 0 unspecified atom stereocenters. The number of hydrogen-bond donors (Lipinski definition) is 1. The molecule has 5 heteroatoms. The Morgan fingerprint density at radius 3 is 2.83 bits per heavy atom. The van der Waals surface area contributed by atoms with Gasteiger partial charge in [-0.15, -0.1) is 0 Å². The standard InChI is InChI=1S/C13H12ClFN2O/c1-2-3-9-7-12(18)17-13(16-9)8-4-5-11(15)10(14)6-8/h4-7H,2-3H2,1H3,(H,16,17,18). The number of aromatic nitrogens is 2. The maximum absolute atomic E-state index is 13.1. The van der Waals surface area contributed by atoms with Crippen molar-refractivity contribution >= 4 is 11.6 Å². The molecule has 0 bridgehead atoms. The average molecular weight is 267 g/mol. The van der Waals surface area contributed by atoms with Crippen molar-refractivity contribution in [2.24, 2.45) is 0 Å². The zero-order valence-corrected chi connectivity index (χ0v) is 10.6. The van der Waals surface area contributed by atoms with E-state index in [9.17, 15) is 9.18 Å². The second-order valence-corrected chi connectivity index (χ2v) is 4.37. The van der Waals surface area contributed by atoms with Crippen LogP contribution in [-0.4, -0.2) is 9.97 Å². The van der Waals surface area contributed by atoms with Crippen molar-refractivity contribution in [3.8, 4) is 11.4 Å². The molecular formula is C13H12ClFN2O. The quantitative estimate of drug-likeness (QED) is 0.927. The van der Waals surface area contributed by atoms with E-state index in [1.54, 1.807) is 0 Å². The Labute approximate surface area is 109 Å². The van der Waals surface area contributed by atoms with Crippen LogP contribution in [0.15, 0.2) is 29.1 Å². The smallest absolute Gasteiger partial charge is 0.251 e. The molecule has 94 valence electrons. The van der Waals surface area contributed by atoms with Crippen LogP contribution in [0.5, 0.6) is 0 Å². The summed E-state index contributed by atoms with van der Waals surface area (Å²) in [6.45, 7) is 2.01. The molecule has 1 aromatic heterocycles. The molecule has 1 N–H and O–H groups in total. The molecule has 0 saturated heterocycles. The molecule has 1 aromatic carbocycles. The number of nitrogens with one attached hydrogen (secondary N) is 1. The summed E-state index contributed by atoms with van der Waals surface area (Å²) in [6, 6.07) is 5.71. The fraction of sp³-hybridized carbons (Fsp3) is 0.231. The van der Waals surface area contributed by atoms with Crippen LogP contribution in [0.1, 0.15) is 19.0 Å². The zero-order valence-electron chi connectivity index (χ0n) is 9.84. The Morgan fingerprint density at radius 2 is 2.17 bits per heavy atom. The summed E-state index contributed by atoms with van der Waals surface area (Å²) in [4.78, 5) is 18.5. The van der Waals surface area contributed by atoms with E-state index in [-0.39, 0.29) is 10.6 Å². The Bertz CT molecular complexity index is 625. The minimum Gasteiger partial charge on any atom is -0.307 e. The van der Waals surface area contributed by atoms with Crippen molar-refractivity contribution in [3.05, 3.63) is 51.2 Å². The summed E-state index contributed by atoms with van der Waals surface area (Å²) in [5, 5.41) is 0.0102. The molecular weight excluding hydrogens is 255 g/mol. The van der Waals surface area contributed by atoms with Crippen LogP contribution in [0.25, 0.3) is 11.4 Å². The lowest BCUT2D eigenvalue weighted by molar-refractivity contribution is 0.628. The lowest BCUT2D eigenvalue weighted by atomic mass is 10.2. The molecule has 0 aliphatic heterocycles. The highest BCUT2D eigenvalue weighted by molar-refractivity contribution is 6.31. The van der Waals surface area contributed by atoms with Crippen LogP contribution in [0, 0.1) is 5.82 Å². The summed E-state index contributed by atoms with van der Waals surface area (Å²) >= 11 is 5.71. The fourth-order valence-electron chi connectivity index (χ4n) is 1.67. The van der Waals surface area contributed by atoms with Gasteiger partial charge in [-0.05, 0) is 24.6 Å². The fourth-order valence-corrected chi connectivity index (χ4v) is 1.85. The van der Waals surface area contributed by atoms with Gasteiger partial charge in [-0.1, -0.05) is 24.9 Å². The molecule has 0 radical (unpaired) electrons. The van der Waals surface area contributed by atoms with Gasteiger partial charge in [0.1, 0.15) is 11.6 Å². The Balaban J connectivity index is 2.49. The molecule has 2 rings (SSSR count). The van der Waals surface area contributed by atoms with Crippen LogP contribution in [0.2, 0.25) is 5.02 Å². The Morgan fingerprint density at radius 1 is 1.39 bits per heavy atom. The van der Waals surface area contributed by atoms with E-state index in [0.717, 1.165) is 18.5 Å². The van der Waals surface area contributed by atoms with Gasteiger partial charge in [-0.2, -0.15) is 0 Å². The maximum atomic E-state index is 13.1. The summed E-state index contributed by atoms with van der Waals surface area (Å²) < 4.78 is 13.1.